The molecular formula is C21H26O5. The number of unbranched alkanes of at least 4 members (excludes halogenated alkanes) is 1. The molecule has 0 spiro atoms. The number of ether oxygens (including phenoxy) is 2. The molecule has 140 valence electrons. The fourth-order valence-corrected chi connectivity index (χ4v) is 2.61. The monoisotopic (exact) mass is 358 g/mol. The van der Waals surface area contributed by atoms with Gasteiger partial charge in [-0.05, 0) is 30.5 Å². The maximum absolute atomic E-state index is 11.7. The highest BCUT2D eigenvalue weighted by molar-refractivity contribution is 5.69. The highest BCUT2D eigenvalue weighted by atomic mass is 17.1. The maximum Gasteiger partial charge on any atom is 0.305 e. The van der Waals surface area contributed by atoms with Gasteiger partial charge in [0.15, 0.2) is 0 Å². The summed E-state index contributed by atoms with van der Waals surface area (Å²) in [5, 5.41) is 9.03. The highest BCUT2D eigenvalue weighted by Gasteiger charge is 2.11. The first-order valence-electron chi connectivity index (χ1n) is 8.95. The van der Waals surface area contributed by atoms with Crippen molar-refractivity contribution in [1.29, 1.82) is 0 Å². The lowest BCUT2D eigenvalue weighted by atomic mass is 10.0. The van der Waals surface area contributed by atoms with E-state index in [9.17, 15) is 4.79 Å². The Bertz CT molecular complexity index is 615. The van der Waals surface area contributed by atoms with Crippen LogP contribution in [0.2, 0.25) is 0 Å². The van der Waals surface area contributed by atoms with Crippen LogP contribution in [0.25, 0.3) is 0 Å². The molecule has 0 aliphatic rings. The van der Waals surface area contributed by atoms with Crippen LogP contribution in [0, 0.1) is 0 Å². The molecule has 0 aromatic heterocycles. The second-order valence-corrected chi connectivity index (χ2v) is 6.04. The number of esters is 1. The zero-order chi connectivity index (χ0) is 18.5. The van der Waals surface area contributed by atoms with E-state index in [-0.39, 0.29) is 18.7 Å². The Balaban J connectivity index is 1.52. The average Bonchev–Trinajstić information content (AvgIpc) is 2.69. The minimum Gasteiger partial charge on any atom is -0.490 e. The van der Waals surface area contributed by atoms with Crippen LogP contribution < -0.4 is 4.74 Å². The Hall–Kier alpha value is -2.37. The standard InChI is InChI=1S/C21H26O5/c22-21(25-16-15-24-19-11-5-2-6-12-19)14-8-7-13-20(26-23)17-18-9-3-1-4-10-18/h1-6,9-12,20,23H,7-8,13-17H2. The van der Waals surface area contributed by atoms with Gasteiger partial charge in [-0.1, -0.05) is 55.0 Å². The van der Waals surface area contributed by atoms with E-state index in [4.69, 9.17) is 14.7 Å². The van der Waals surface area contributed by atoms with E-state index in [0.717, 1.165) is 17.7 Å². The number of hydrogen-bond acceptors (Lipinski definition) is 5. The van der Waals surface area contributed by atoms with Gasteiger partial charge in [0, 0.05) is 12.8 Å². The summed E-state index contributed by atoms with van der Waals surface area (Å²) in [5.74, 6) is 0.531. The van der Waals surface area contributed by atoms with Crippen molar-refractivity contribution < 1.29 is 24.4 Å². The molecule has 0 fully saturated rings. The Morgan fingerprint density at radius 3 is 2.31 bits per heavy atom. The number of carbonyl (C=O) groups excluding carboxylic acids is 1. The van der Waals surface area contributed by atoms with Gasteiger partial charge in [-0.25, -0.2) is 4.89 Å². The predicted molar refractivity (Wildman–Crippen MR) is 99.0 cm³/mol. The van der Waals surface area contributed by atoms with Crippen molar-refractivity contribution in [2.75, 3.05) is 13.2 Å². The lowest BCUT2D eigenvalue weighted by Crippen LogP contribution is -2.15. The van der Waals surface area contributed by atoms with Gasteiger partial charge in [0.25, 0.3) is 0 Å². The number of hydrogen-bond donors (Lipinski definition) is 1. The fourth-order valence-electron chi connectivity index (χ4n) is 2.61. The Kier molecular flexibility index (Phi) is 9.25. The molecule has 0 saturated heterocycles. The van der Waals surface area contributed by atoms with Crippen molar-refractivity contribution in [1.82, 2.24) is 0 Å². The van der Waals surface area contributed by atoms with Crippen molar-refractivity contribution in [2.45, 2.75) is 38.2 Å². The van der Waals surface area contributed by atoms with E-state index < -0.39 is 0 Å². The van der Waals surface area contributed by atoms with Crippen molar-refractivity contribution in [2.24, 2.45) is 0 Å². The van der Waals surface area contributed by atoms with Gasteiger partial charge in [-0.15, -0.1) is 0 Å². The lowest BCUT2D eigenvalue weighted by Gasteiger charge is -2.13. The van der Waals surface area contributed by atoms with Gasteiger partial charge in [-0.2, -0.15) is 0 Å². The summed E-state index contributed by atoms with van der Waals surface area (Å²) in [6, 6.07) is 19.3. The summed E-state index contributed by atoms with van der Waals surface area (Å²) in [6.07, 6.45) is 2.93. The average molecular weight is 358 g/mol. The molecule has 5 heteroatoms. The van der Waals surface area contributed by atoms with Crippen LogP contribution in [-0.4, -0.2) is 30.5 Å². The maximum atomic E-state index is 11.7. The molecule has 26 heavy (non-hydrogen) atoms. The second-order valence-electron chi connectivity index (χ2n) is 6.04. The smallest absolute Gasteiger partial charge is 0.305 e. The molecule has 1 N–H and O–H groups in total. The SMILES string of the molecule is O=C(CCCCC(Cc1ccccc1)OO)OCCOc1ccccc1. The minimum atomic E-state index is -0.257. The van der Waals surface area contributed by atoms with Crippen LogP contribution in [-0.2, 0) is 20.8 Å². The van der Waals surface area contributed by atoms with E-state index in [1.54, 1.807) is 0 Å². The molecule has 0 bridgehead atoms. The number of rotatable bonds is 12. The van der Waals surface area contributed by atoms with E-state index in [1.807, 2.05) is 60.7 Å². The zero-order valence-corrected chi connectivity index (χ0v) is 14.9. The Labute approximate surface area is 154 Å². The highest BCUT2D eigenvalue weighted by Crippen LogP contribution is 2.13. The van der Waals surface area contributed by atoms with Crippen LogP contribution in [0.15, 0.2) is 60.7 Å². The zero-order valence-electron chi connectivity index (χ0n) is 14.9. The molecule has 0 amide bonds. The Morgan fingerprint density at radius 1 is 0.923 bits per heavy atom. The van der Waals surface area contributed by atoms with Gasteiger partial charge in [0.2, 0.25) is 0 Å². The summed E-state index contributed by atoms with van der Waals surface area (Å²) in [7, 11) is 0. The van der Waals surface area contributed by atoms with E-state index in [1.165, 1.54) is 0 Å². The van der Waals surface area contributed by atoms with Crippen LogP contribution >= 0.6 is 0 Å². The van der Waals surface area contributed by atoms with Crippen molar-refractivity contribution >= 4 is 5.97 Å². The third-order valence-corrected chi connectivity index (χ3v) is 3.97. The number of para-hydroxylation sites is 1. The Morgan fingerprint density at radius 2 is 1.62 bits per heavy atom. The predicted octanol–water partition coefficient (Wildman–Crippen LogP) is 4.27. The molecule has 2 aromatic rings. The van der Waals surface area contributed by atoms with E-state index >= 15 is 0 Å². The molecule has 0 saturated carbocycles. The number of carbonyl (C=O) groups is 1. The summed E-state index contributed by atoms with van der Waals surface area (Å²) in [4.78, 5) is 16.3. The summed E-state index contributed by atoms with van der Waals surface area (Å²) in [5.41, 5.74) is 1.12. The van der Waals surface area contributed by atoms with Crippen LogP contribution in [0.1, 0.15) is 31.2 Å². The topological polar surface area (TPSA) is 65.0 Å². The summed E-state index contributed by atoms with van der Waals surface area (Å²) < 4.78 is 10.6. The van der Waals surface area contributed by atoms with Gasteiger partial charge in [0.1, 0.15) is 19.0 Å². The third kappa shape index (κ3) is 8.14. The third-order valence-electron chi connectivity index (χ3n) is 3.97. The largest absolute Gasteiger partial charge is 0.490 e. The van der Waals surface area contributed by atoms with Crippen molar-refractivity contribution in [3.63, 3.8) is 0 Å². The molecule has 2 aromatic carbocycles. The van der Waals surface area contributed by atoms with Crippen LogP contribution in [0.4, 0.5) is 0 Å². The van der Waals surface area contributed by atoms with Crippen molar-refractivity contribution in [3.8, 4) is 5.75 Å². The molecule has 2 rings (SSSR count). The normalized spacial score (nSPS) is 11.7. The van der Waals surface area contributed by atoms with Gasteiger partial charge < -0.3 is 9.47 Å². The summed E-state index contributed by atoms with van der Waals surface area (Å²) in [6.45, 7) is 0.581. The quantitative estimate of drug-likeness (QED) is 0.266. The second kappa shape index (κ2) is 12.1. The van der Waals surface area contributed by atoms with Gasteiger partial charge in [-0.3, -0.25) is 10.1 Å². The van der Waals surface area contributed by atoms with Crippen LogP contribution in [0.3, 0.4) is 0 Å². The molecule has 1 unspecified atom stereocenters. The first-order chi connectivity index (χ1) is 12.8. The van der Waals surface area contributed by atoms with Crippen molar-refractivity contribution in [3.05, 3.63) is 66.2 Å². The first-order valence-corrected chi connectivity index (χ1v) is 8.95. The molecule has 1 atom stereocenters. The molecule has 0 aliphatic carbocycles. The molecule has 0 aliphatic heterocycles. The van der Waals surface area contributed by atoms with Gasteiger partial charge in [0.05, 0.1) is 6.10 Å². The molecule has 5 nitrogen and oxygen atoms in total. The molecule has 0 heterocycles. The minimum absolute atomic E-state index is 0.230. The van der Waals surface area contributed by atoms with Gasteiger partial charge >= 0.3 is 5.97 Å². The van der Waals surface area contributed by atoms with E-state index in [2.05, 4.69) is 4.89 Å². The van der Waals surface area contributed by atoms with Crippen LogP contribution in [0.5, 0.6) is 5.75 Å². The molecular weight excluding hydrogens is 332 g/mol. The lowest BCUT2D eigenvalue weighted by molar-refractivity contribution is -0.279. The van der Waals surface area contributed by atoms with E-state index in [0.29, 0.717) is 32.3 Å². The fraction of sp³-hybridized carbons (Fsp3) is 0.381. The molecule has 0 radical (unpaired) electrons. The summed E-state index contributed by atoms with van der Waals surface area (Å²) >= 11 is 0. The first kappa shape index (κ1) is 19.9. The number of benzene rings is 2.